The van der Waals surface area contributed by atoms with Gasteiger partial charge in [0.2, 0.25) is 0 Å². The fourth-order valence-corrected chi connectivity index (χ4v) is 2.82. The second-order valence-corrected chi connectivity index (χ2v) is 6.58. The Morgan fingerprint density at radius 1 is 1.00 bits per heavy atom. The molecule has 2 N–H and O–H groups in total. The predicted octanol–water partition coefficient (Wildman–Crippen LogP) is 4.28. The minimum Gasteiger partial charge on any atom is -0.350 e. The third kappa shape index (κ3) is 3.83. The number of aromatic nitrogens is 1. The summed E-state index contributed by atoms with van der Waals surface area (Å²) in [6.07, 6.45) is 1.68. The number of amides is 2. The van der Waals surface area contributed by atoms with Crippen molar-refractivity contribution in [2.45, 2.75) is 19.9 Å². The van der Waals surface area contributed by atoms with Crippen LogP contribution >= 0.6 is 11.6 Å². The number of pyridine rings is 1. The van der Waals surface area contributed by atoms with Crippen LogP contribution in [0.5, 0.6) is 0 Å². The van der Waals surface area contributed by atoms with E-state index in [-0.39, 0.29) is 17.9 Å². The van der Waals surface area contributed by atoms with Gasteiger partial charge >= 0.3 is 0 Å². The molecule has 132 valence electrons. The number of rotatable bonds is 4. The SMILES string of the molecule is CC(C)NC(=O)c1ccc(Cl)cc1NC(=O)c1cccc2ncccc12. The number of halogens is 1. The third-order valence-corrected chi connectivity index (χ3v) is 4.02. The first-order valence-electron chi connectivity index (χ1n) is 8.21. The second-order valence-electron chi connectivity index (χ2n) is 6.15. The van der Waals surface area contributed by atoms with Crippen molar-refractivity contribution in [3.8, 4) is 0 Å². The van der Waals surface area contributed by atoms with Gasteiger partial charge in [0.15, 0.2) is 0 Å². The molecule has 26 heavy (non-hydrogen) atoms. The highest BCUT2D eigenvalue weighted by Crippen LogP contribution is 2.24. The van der Waals surface area contributed by atoms with Crippen molar-refractivity contribution < 1.29 is 9.59 Å². The summed E-state index contributed by atoms with van der Waals surface area (Å²) in [6.45, 7) is 3.74. The number of hydrogen-bond acceptors (Lipinski definition) is 3. The van der Waals surface area contributed by atoms with E-state index in [0.717, 1.165) is 10.9 Å². The molecule has 2 aromatic carbocycles. The van der Waals surface area contributed by atoms with Gasteiger partial charge in [-0.2, -0.15) is 0 Å². The Bertz CT molecular complexity index is 980. The molecule has 5 nitrogen and oxygen atoms in total. The molecular formula is C20H18ClN3O2. The smallest absolute Gasteiger partial charge is 0.256 e. The Hall–Kier alpha value is -2.92. The van der Waals surface area contributed by atoms with Crippen LogP contribution in [0.1, 0.15) is 34.6 Å². The Kier molecular flexibility index (Phi) is 5.19. The summed E-state index contributed by atoms with van der Waals surface area (Å²) in [6, 6.07) is 13.7. The molecule has 0 saturated carbocycles. The number of hydrogen-bond donors (Lipinski definition) is 2. The zero-order valence-corrected chi connectivity index (χ0v) is 15.2. The molecule has 0 spiro atoms. The minimum atomic E-state index is -0.329. The topological polar surface area (TPSA) is 71.1 Å². The van der Waals surface area contributed by atoms with Crippen molar-refractivity contribution in [1.82, 2.24) is 10.3 Å². The lowest BCUT2D eigenvalue weighted by Gasteiger charge is -2.14. The van der Waals surface area contributed by atoms with E-state index >= 15 is 0 Å². The average molecular weight is 368 g/mol. The number of benzene rings is 2. The molecule has 0 atom stereocenters. The third-order valence-electron chi connectivity index (χ3n) is 3.78. The van der Waals surface area contributed by atoms with Gasteiger partial charge < -0.3 is 10.6 Å². The maximum Gasteiger partial charge on any atom is 0.256 e. The van der Waals surface area contributed by atoms with Crippen molar-refractivity contribution in [2.75, 3.05) is 5.32 Å². The van der Waals surface area contributed by atoms with Crippen LogP contribution in [0.25, 0.3) is 10.9 Å². The first-order chi connectivity index (χ1) is 12.5. The Morgan fingerprint density at radius 2 is 1.81 bits per heavy atom. The van der Waals surface area contributed by atoms with Gasteiger partial charge in [0.25, 0.3) is 11.8 Å². The van der Waals surface area contributed by atoms with Gasteiger partial charge in [0, 0.05) is 28.2 Å². The van der Waals surface area contributed by atoms with Crippen molar-refractivity contribution >= 4 is 40.0 Å². The summed E-state index contributed by atoms with van der Waals surface area (Å²) in [5, 5.41) is 6.79. The quantitative estimate of drug-likeness (QED) is 0.723. The lowest BCUT2D eigenvalue weighted by atomic mass is 10.1. The van der Waals surface area contributed by atoms with Gasteiger partial charge in [-0.25, -0.2) is 0 Å². The monoisotopic (exact) mass is 367 g/mol. The summed E-state index contributed by atoms with van der Waals surface area (Å²) in [5.41, 5.74) is 1.92. The van der Waals surface area contributed by atoms with Crippen LogP contribution in [0.4, 0.5) is 5.69 Å². The van der Waals surface area contributed by atoms with E-state index in [0.29, 0.717) is 21.8 Å². The molecule has 0 saturated heterocycles. The molecule has 1 heterocycles. The summed E-state index contributed by atoms with van der Waals surface area (Å²) in [7, 11) is 0. The number of nitrogens with zero attached hydrogens (tertiary/aromatic N) is 1. The summed E-state index contributed by atoms with van der Waals surface area (Å²) < 4.78 is 0. The van der Waals surface area contributed by atoms with Crippen LogP contribution in [0.2, 0.25) is 5.02 Å². The van der Waals surface area contributed by atoms with E-state index in [1.54, 1.807) is 42.6 Å². The average Bonchev–Trinajstić information content (AvgIpc) is 2.60. The number of anilines is 1. The van der Waals surface area contributed by atoms with Gasteiger partial charge in [-0.15, -0.1) is 0 Å². The normalized spacial score (nSPS) is 10.8. The minimum absolute atomic E-state index is 0.0223. The van der Waals surface area contributed by atoms with Crippen LogP contribution in [0, 0.1) is 0 Å². The maximum atomic E-state index is 12.8. The number of carbonyl (C=O) groups excluding carboxylic acids is 2. The molecule has 0 radical (unpaired) electrons. The summed E-state index contributed by atoms with van der Waals surface area (Å²) >= 11 is 6.06. The molecule has 0 unspecified atom stereocenters. The lowest BCUT2D eigenvalue weighted by molar-refractivity contribution is 0.0944. The molecule has 2 amide bonds. The van der Waals surface area contributed by atoms with Gasteiger partial charge in [0.1, 0.15) is 0 Å². The maximum absolute atomic E-state index is 12.8. The lowest BCUT2D eigenvalue weighted by Crippen LogP contribution is -2.31. The molecule has 1 aromatic heterocycles. The molecule has 6 heteroatoms. The first kappa shape index (κ1) is 17.9. The van der Waals surface area contributed by atoms with Gasteiger partial charge in [-0.05, 0) is 50.2 Å². The van der Waals surface area contributed by atoms with Crippen molar-refractivity contribution in [3.63, 3.8) is 0 Å². The highest BCUT2D eigenvalue weighted by molar-refractivity contribution is 6.31. The van der Waals surface area contributed by atoms with E-state index in [1.807, 2.05) is 26.0 Å². The van der Waals surface area contributed by atoms with E-state index in [4.69, 9.17) is 11.6 Å². The first-order valence-corrected chi connectivity index (χ1v) is 8.59. The predicted molar refractivity (Wildman–Crippen MR) is 104 cm³/mol. The van der Waals surface area contributed by atoms with Crippen LogP contribution in [0.3, 0.4) is 0 Å². The Balaban J connectivity index is 1.96. The van der Waals surface area contributed by atoms with E-state index in [2.05, 4.69) is 15.6 Å². The Labute approximate surface area is 156 Å². The zero-order valence-electron chi connectivity index (χ0n) is 14.4. The molecule has 0 fully saturated rings. The van der Waals surface area contributed by atoms with E-state index in [1.165, 1.54) is 0 Å². The van der Waals surface area contributed by atoms with E-state index < -0.39 is 0 Å². The molecule has 0 aliphatic rings. The molecule has 3 aromatic rings. The molecular weight excluding hydrogens is 350 g/mol. The number of fused-ring (bicyclic) bond motifs is 1. The van der Waals surface area contributed by atoms with Crippen molar-refractivity contribution in [1.29, 1.82) is 0 Å². The number of carbonyl (C=O) groups is 2. The van der Waals surface area contributed by atoms with Crippen LogP contribution in [-0.2, 0) is 0 Å². The van der Waals surface area contributed by atoms with E-state index in [9.17, 15) is 9.59 Å². The van der Waals surface area contributed by atoms with Crippen molar-refractivity contribution in [3.05, 3.63) is 70.9 Å². The van der Waals surface area contributed by atoms with Gasteiger partial charge in [0.05, 0.1) is 16.8 Å². The standard InChI is InChI=1S/C20H18ClN3O2/c1-12(2)23-20(26)16-9-8-13(21)11-18(16)24-19(25)15-5-3-7-17-14(15)6-4-10-22-17/h3-12H,1-2H3,(H,23,26)(H,24,25). The summed E-state index contributed by atoms with van der Waals surface area (Å²) in [4.78, 5) is 29.5. The van der Waals surface area contributed by atoms with Gasteiger partial charge in [-0.3, -0.25) is 14.6 Å². The molecule has 0 bridgehead atoms. The van der Waals surface area contributed by atoms with Crippen LogP contribution in [-0.4, -0.2) is 22.8 Å². The largest absolute Gasteiger partial charge is 0.350 e. The molecule has 0 aliphatic heterocycles. The highest BCUT2D eigenvalue weighted by atomic mass is 35.5. The van der Waals surface area contributed by atoms with Gasteiger partial charge in [-0.1, -0.05) is 23.7 Å². The van der Waals surface area contributed by atoms with Crippen molar-refractivity contribution in [2.24, 2.45) is 0 Å². The fraction of sp³-hybridized carbons (Fsp3) is 0.150. The Morgan fingerprint density at radius 3 is 2.58 bits per heavy atom. The molecule has 3 rings (SSSR count). The highest BCUT2D eigenvalue weighted by Gasteiger charge is 2.17. The second kappa shape index (κ2) is 7.54. The number of nitrogens with one attached hydrogen (secondary N) is 2. The molecule has 0 aliphatic carbocycles. The summed E-state index contributed by atoms with van der Waals surface area (Å²) in [5.74, 6) is -0.601. The van der Waals surface area contributed by atoms with Crippen LogP contribution in [0.15, 0.2) is 54.7 Å². The fourth-order valence-electron chi connectivity index (χ4n) is 2.65. The zero-order chi connectivity index (χ0) is 18.7. The van der Waals surface area contributed by atoms with Crippen LogP contribution < -0.4 is 10.6 Å².